The summed E-state index contributed by atoms with van der Waals surface area (Å²) < 4.78 is 11.4. The van der Waals surface area contributed by atoms with Gasteiger partial charge >= 0.3 is 0 Å². The summed E-state index contributed by atoms with van der Waals surface area (Å²) in [7, 11) is 0. The van der Waals surface area contributed by atoms with Crippen LogP contribution in [0.3, 0.4) is 0 Å². The molecule has 0 aromatic carbocycles. The van der Waals surface area contributed by atoms with Gasteiger partial charge in [0.2, 0.25) is 0 Å². The van der Waals surface area contributed by atoms with Crippen molar-refractivity contribution >= 4 is 0 Å². The largest absolute Gasteiger partial charge is 0.381 e. The number of ether oxygens (including phenoxy) is 2. The van der Waals surface area contributed by atoms with E-state index in [0.717, 1.165) is 64.3 Å². The topological polar surface area (TPSA) is 37.0 Å². The van der Waals surface area contributed by atoms with Gasteiger partial charge in [0.25, 0.3) is 0 Å². The highest BCUT2D eigenvalue weighted by Crippen LogP contribution is 2.16. The van der Waals surface area contributed by atoms with E-state index in [0.29, 0.717) is 0 Å². The molecule has 0 atom stereocenters. The SMILES string of the molecule is CC(C)CCOCCCCOCN1CC(CN2CCNCC2)C1. The van der Waals surface area contributed by atoms with E-state index >= 15 is 0 Å². The minimum atomic E-state index is 0.741. The second-order valence-corrected chi connectivity index (χ2v) is 7.49. The smallest absolute Gasteiger partial charge is 0.0990 e. The van der Waals surface area contributed by atoms with Crippen LogP contribution in [0.5, 0.6) is 0 Å². The maximum atomic E-state index is 5.77. The van der Waals surface area contributed by atoms with Gasteiger partial charge in [0.15, 0.2) is 0 Å². The van der Waals surface area contributed by atoms with Crippen molar-refractivity contribution in [2.75, 3.05) is 72.4 Å². The van der Waals surface area contributed by atoms with Crippen molar-refractivity contribution < 1.29 is 9.47 Å². The van der Waals surface area contributed by atoms with E-state index in [1.807, 2.05) is 0 Å². The fourth-order valence-corrected chi connectivity index (χ4v) is 3.18. The molecule has 136 valence electrons. The fourth-order valence-electron chi connectivity index (χ4n) is 3.18. The summed E-state index contributed by atoms with van der Waals surface area (Å²) in [6.45, 7) is 16.4. The molecule has 2 aliphatic heterocycles. The van der Waals surface area contributed by atoms with Gasteiger partial charge in [-0.15, -0.1) is 0 Å². The molecule has 0 amide bonds. The van der Waals surface area contributed by atoms with Gasteiger partial charge in [-0.25, -0.2) is 0 Å². The first-order chi connectivity index (χ1) is 11.2. The molecule has 0 spiro atoms. The van der Waals surface area contributed by atoms with Gasteiger partial charge in [0.05, 0.1) is 6.73 Å². The molecule has 0 unspecified atom stereocenters. The summed E-state index contributed by atoms with van der Waals surface area (Å²) in [6, 6.07) is 0. The third kappa shape index (κ3) is 8.45. The molecule has 23 heavy (non-hydrogen) atoms. The molecule has 5 nitrogen and oxygen atoms in total. The Morgan fingerprint density at radius 3 is 2.35 bits per heavy atom. The highest BCUT2D eigenvalue weighted by atomic mass is 16.5. The van der Waals surface area contributed by atoms with Crippen LogP contribution in [0.15, 0.2) is 0 Å². The van der Waals surface area contributed by atoms with Crippen molar-refractivity contribution in [3.63, 3.8) is 0 Å². The molecule has 2 aliphatic rings. The van der Waals surface area contributed by atoms with Crippen LogP contribution < -0.4 is 5.32 Å². The lowest BCUT2D eigenvalue weighted by Gasteiger charge is -2.42. The molecule has 0 aliphatic carbocycles. The lowest BCUT2D eigenvalue weighted by Crippen LogP contribution is -2.54. The quantitative estimate of drug-likeness (QED) is 0.552. The van der Waals surface area contributed by atoms with E-state index in [1.54, 1.807) is 0 Å². The first-order valence-electron chi connectivity index (χ1n) is 9.55. The standard InChI is InChI=1S/C18H37N3O2/c1-17(2)5-12-22-10-3-4-11-23-16-21-14-18(15-21)13-20-8-6-19-7-9-20/h17-19H,3-16H2,1-2H3. The fraction of sp³-hybridized carbons (Fsp3) is 1.00. The molecule has 2 saturated heterocycles. The maximum Gasteiger partial charge on any atom is 0.0990 e. The van der Waals surface area contributed by atoms with Gasteiger partial charge < -0.3 is 19.7 Å². The van der Waals surface area contributed by atoms with E-state index in [2.05, 4.69) is 29.0 Å². The number of hydrogen-bond donors (Lipinski definition) is 1. The zero-order valence-corrected chi connectivity index (χ0v) is 15.3. The van der Waals surface area contributed by atoms with Crippen molar-refractivity contribution in [1.82, 2.24) is 15.1 Å². The molecule has 2 heterocycles. The molecule has 0 aromatic rings. The average Bonchev–Trinajstić information content (AvgIpc) is 2.51. The van der Waals surface area contributed by atoms with Crippen molar-refractivity contribution in [2.24, 2.45) is 11.8 Å². The molecule has 2 fully saturated rings. The molecule has 0 bridgehead atoms. The number of rotatable bonds is 12. The summed E-state index contributed by atoms with van der Waals surface area (Å²) in [6.07, 6.45) is 3.39. The summed E-state index contributed by atoms with van der Waals surface area (Å²) in [4.78, 5) is 5.02. The molecule has 2 rings (SSSR count). The van der Waals surface area contributed by atoms with Crippen LogP contribution in [0.1, 0.15) is 33.1 Å². The Morgan fingerprint density at radius 2 is 1.65 bits per heavy atom. The zero-order chi connectivity index (χ0) is 16.3. The molecular weight excluding hydrogens is 290 g/mol. The Hall–Kier alpha value is -0.200. The number of piperazine rings is 1. The lowest BCUT2D eigenvalue weighted by atomic mass is 10.00. The highest BCUT2D eigenvalue weighted by molar-refractivity contribution is 4.82. The predicted molar refractivity (Wildman–Crippen MR) is 94.7 cm³/mol. The van der Waals surface area contributed by atoms with Crippen molar-refractivity contribution in [3.05, 3.63) is 0 Å². The molecule has 1 N–H and O–H groups in total. The number of likely N-dealkylation sites (tertiary alicyclic amines) is 1. The summed E-state index contributed by atoms with van der Waals surface area (Å²) >= 11 is 0. The van der Waals surface area contributed by atoms with Gasteiger partial charge in [-0.05, 0) is 31.1 Å². The average molecular weight is 328 g/mol. The Kier molecular flexibility index (Phi) is 9.46. The summed E-state index contributed by atoms with van der Waals surface area (Å²) in [5.41, 5.74) is 0. The van der Waals surface area contributed by atoms with Gasteiger partial charge in [-0.1, -0.05) is 13.8 Å². The van der Waals surface area contributed by atoms with Gasteiger partial charge in [0, 0.05) is 65.6 Å². The second kappa shape index (κ2) is 11.4. The van der Waals surface area contributed by atoms with Crippen LogP contribution in [0.25, 0.3) is 0 Å². The maximum absolute atomic E-state index is 5.77. The first-order valence-corrected chi connectivity index (χ1v) is 9.55. The predicted octanol–water partition coefficient (Wildman–Crippen LogP) is 1.64. The molecule has 0 radical (unpaired) electrons. The van der Waals surface area contributed by atoms with Crippen LogP contribution in [0.4, 0.5) is 0 Å². The Bertz CT molecular complexity index is 290. The molecule has 5 heteroatoms. The summed E-state index contributed by atoms with van der Waals surface area (Å²) in [5.74, 6) is 1.59. The normalized spacial score (nSPS) is 21.0. The molecule has 0 saturated carbocycles. The van der Waals surface area contributed by atoms with Gasteiger partial charge in [-0.3, -0.25) is 4.90 Å². The van der Waals surface area contributed by atoms with Crippen molar-refractivity contribution in [2.45, 2.75) is 33.1 Å². The monoisotopic (exact) mass is 327 g/mol. The number of nitrogens with zero attached hydrogens (tertiary/aromatic N) is 2. The van der Waals surface area contributed by atoms with E-state index in [-0.39, 0.29) is 0 Å². The van der Waals surface area contributed by atoms with Crippen LogP contribution in [-0.2, 0) is 9.47 Å². The van der Waals surface area contributed by atoms with E-state index < -0.39 is 0 Å². The van der Waals surface area contributed by atoms with Gasteiger partial charge in [-0.2, -0.15) is 0 Å². The highest BCUT2D eigenvalue weighted by Gasteiger charge is 2.28. The lowest BCUT2D eigenvalue weighted by molar-refractivity contribution is -0.0416. The third-order valence-electron chi connectivity index (χ3n) is 4.70. The first kappa shape index (κ1) is 19.1. The number of nitrogens with one attached hydrogen (secondary N) is 1. The van der Waals surface area contributed by atoms with Crippen molar-refractivity contribution in [3.8, 4) is 0 Å². The Balaban J connectivity index is 1.32. The summed E-state index contributed by atoms with van der Waals surface area (Å²) in [5, 5.41) is 3.41. The van der Waals surface area contributed by atoms with E-state index in [4.69, 9.17) is 9.47 Å². The van der Waals surface area contributed by atoms with Gasteiger partial charge in [0.1, 0.15) is 0 Å². The number of unbranched alkanes of at least 4 members (excludes halogenated alkanes) is 1. The van der Waals surface area contributed by atoms with Crippen LogP contribution >= 0.6 is 0 Å². The molecule has 0 aromatic heterocycles. The van der Waals surface area contributed by atoms with E-state index in [1.165, 1.54) is 39.1 Å². The molecular formula is C18H37N3O2. The Morgan fingerprint density at radius 1 is 0.957 bits per heavy atom. The Labute approximate surface area is 142 Å². The third-order valence-corrected chi connectivity index (χ3v) is 4.70. The zero-order valence-electron chi connectivity index (χ0n) is 15.3. The minimum absolute atomic E-state index is 0.741. The number of hydrogen-bond acceptors (Lipinski definition) is 5. The minimum Gasteiger partial charge on any atom is -0.381 e. The van der Waals surface area contributed by atoms with Crippen molar-refractivity contribution in [1.29, 1.82) is 0 Å². The van der Waals surface area contributed by atoms with Crippen LogP contribution in [-0.4, -0.2) is 82.2 Å². The van der Waals surface area contributed by atoms with E-state index in [9.17, 15) is 0 Å². The second-order valence-electron chi connectivity index (χ2n) is 7.49. The van der Waals surface area contributed by atoms with Crippen LogP contribution in [0, 0.1) is 11.8 Å². The van der Waals surface area contributed by atoms with Crippen LogP contribution in [0.2, 0.25) is 0 Å².